The first-order chi connectivity index (χ1) is 7.61. The third-order valence-electron chi connectivity index (χ3n) is 2.72. The number of aromatic nitrogens is 1. The maximum absolute atomic E-state index is 11.8. The quantitative estimate of drug-likeness (QED) is 0.608. The Kier molecular flexibility index (Phi) is 3.64. The Morgan fingerprint density at radius 3 is 2.88 bits per heavy atom. The van der Waals surface area contributed by atoms with E-state index in [-0.39, 0.29) is 5.91 Å². The van der Waals surface area contributed by atoms with Crippen LogP contribution < -0.4 is 4.90 Å². The summed E-state index contributed by atoms with van der Waals surface area (Å²) in [5.41, 5.74) is 1.08. The molecule has 1 unspecified atom stereocenters. The van der Waals surface area contributed by atoms with Gasteiger partial charge in [-0.25, -0.2) is 4.98 Å². The summed E-state index contributed by atoms with van der Waals surface area (Å²) in [6.45, 7) is 2.74. The summed E-state index contributed by atoms with van der Waals surface area (Å²) in [6, 6.07) is 3.87. The highest BCUT2D eigenvalue weighted by Gasteiger charge is 2.30. The van der Waals surface area contributed by atoms with E-state index in [4.69, 9.17) is 0 Å². The molecule has 0 saturated carbocycles. The summed E-state index contributed by atoms with van der Waals surface area (Å²) in [5.74, 6) is 1.30. The second kappa shape index (κ2) is 4.84. The van der Waals surface area contributed by atoms with Crippen LogP contribution in [0.3, 0.4) is 0 Å². The molecule has 3 nitrogen and oxygen atoms in total. The van der Waals surface area contributed by atoms with Gasteiger partial charge in [0.05, 0.1) is 0 Å². The van der Waals surface area contributed by atoms with Crippen molar-refractivity contribution in [2.45, 2.75) is 13.3 Å². The van der Waals surface area contributed by atoms with E-state index in [1.165, 1.54) is 0 Å². The van der Waals surface area contributed by atoms with E-state index in [0.29, 0.717) is 12.3 Å². The van der Waals surface area contributed by atoms with Crippen LogP contribution in [0.1, 0.15) is 12.0 Å². The average molecular weight is 348 g/mol. The Morgan fingerprint density at radius 2 is 2.31 bits per heavy atom. The van der Waals surface area contributed by atoms with Crippen molar-refractivity contribution in [1.29, 1.82) is 0 Å². The van der Waals surface area contributed by atoms with E-state index < -0.39 is 0 Å². The van der Waals surface area contributed by atoms with Crippen LogP contribution in [0.2, 0.25) is 0 Å². The number of hydrogen-bond acceptors (Lipinski definition) is 2. The lowest BCUT2D eigenvalue weighted by Crippen LogP contribution is -2.25. The van der Waals surface area contributed by atoms with Gasteiger partial charge in [0.15, 0.2) is 0 Å². The van der Waals surface area contributed by atoms with Crippen molar-refractivity contribution in [2.24, 2.45) is 5.92 Å². The third-order valence-corrected chi connectivity index (χ3v) is 4.44. The molecule has 0 radical (unpaired) electrons. The van der Waals surface area contributed by atoms with Crippen LogP contribution in [-0.4, -0.2) is 22.8 Å². The lowest BCUT2D eigenvalue weighted by atomic mass is 10.2. The number of anilines is 1. The molecule has 0 aromatic carbocycles. The molecule has 5 heteroatoms. The standard InChI is InChI=1S/C11H12Br2N2O/c1-7-2-3-9(14-11(7)13)15-6-8(5-12)4-10(15)16/h2-3,8H,4-6H2,1H3. The number of rotatable bonds is 2. The van der Waals surface area contributed by atoms with E-state index in [2.05, 4.69) is 36.8 Å². The number of halogens is 2. The predicted molar refractivity (Wildman–Crippen MR) is 70.9 cm³/mol. The number of carbonyl (C=O) groups is 1. The van der Waals surface area contributed by atoms with E-state index in [9.17, 15) is 4.79 Å². The SMILES string of the molecule is Cc1ccc(N2CC(CBr)CC2=O)nc1Br. The van der Waals surface area contributed by atoms with Crippen molar-refractivity contribution in [2.75, 3.05) is 16.8 Å². The van der Waals surface area contributed by atoms with Gasteiger partial charge in [-0.05, 0) is 40.4 Å². The van der Waals surface area contributed by atoms with Gasteiger partial charge in [-0.15, -0.1) is 0 Å². The van der Waals surface area contributed by atoms with Gasteiger partial charge in [0, 0.05) is 18.3 Å². The van der Waals surface area contributed by atoms with Crippen molar-refractivity contribution in [3.8, 4) is 0 Å². The molecule has 1 atom stereocenters. The van der Waals surface area contributed by atoms with E-state index in [0.717, 1.165) is 27.9 Å². The third kappa shape index (κ3) is 2.30. The molecule has 2 rings (SSSR count). The molecule has 1 aliphatic rings. The summed E-state index contributed by atoms with van der Waals surface area (Å²) < 4.78 is 0.806. The van der Waals surface area contributed by atoms with E-state index in [1.54, 1.807) is 4.90 Å². The molecule has 16 heavy (non-hydrogen) atoms. The molecule has 2 heterocycles. The Labute approximate surface area is 111 Å². The first-order valence-electron chi connectivity index (χ1n) is 5.11. The van der Waals surface area contributed by atoms with Gasteiger partial charge in [-0.2, -0.15) is 0 Å². The minimum atomic E-state index is 0.160. The van der Waals surface area contributed by atoms with Gasteiger partial charge >= 0.3 is 0 Å². The summed E-state index contributed by atoms with van der Waals surface area (Å²) in [5, 5.41) is 0.863. The molecule has 1 fully saturated rings. The zero-order valence-electron chi connectivity index (χ0n) is 8.91. The number of aryl methyl sites for hydroxylation is 1. The van der Waals surface area contributed by atoms with Crippen molar-refractivity contribution in [3.63, 3.8) is 0 Å². The Hall–Kier alpha value is -0.420. The molecule has 0 N–H and O–H groups in total. The van der Waals surface area contributed by atoms with Crippen LogP contribution in [0.25, 0.3) is 0 Å². The molecule has 1 saturated heterocycles. The molecular formula is C11H12Br2N2O. The molecule has 86 valence electrons. The number of nitrogens with zero attached hydrogens (tertiary/aromatic N) is 2. The Morgan fingerprint density at radius 1 is 1.56 bits per heavy atom. The van der Waals surface area contributed by atoms with E-state index in [1.807, 2.05) is 19.1 Å². The lowest BCUT2D eigenvalue weighted by Gasteiger charge is -2.15. The van der Waals surface area contributed by atoms with Crippen molar-refractivity contribution in [1.82, 2.24) is 4.98 Å². The second-order valence-electron chi connectivity index (χ2n) is 4.01. The van der Waals surface area contributed by atoms with Crippen LogP contribution in [0, 0.1) is 12.8 Å². The highest BCUT2D eigenvalue weighted by Crippen LogP contribution is 2.26. The summed E-state index contributed by atoms with van der Waals surface area (Å²) in [7, 11) is 0. The van der Waals surface area contributed by atoms with Crippen LogP contribution in [-0.2, 0) is 4.79 Å². The smallest absolute Gasteiger partial charge is 0.228 e. The van der Waals surface area contributed by atoms with E-state index >= 15 is 0 Å². The first-order valence-corrected chi connectivity index (χ1v) is 7.02. The van der Waals surface area contributed by atoms with Gasteiger partial charge in [0.25, 0.3) is 0 Å². The highest BCUT2D eigenvalue weighted by atomic mass is 79.9. The zero-order chi connectivity index (χ0) is 11.7. The van der Waals surface area contributed by atoms with Crippen LogP contribution in [0.5, 0.6) is 0 Å². The van der Waals surface area contributed by atoms with Gasteiger partial charge in [-0.1, -0.05) is 22.0 Å². The summed E-state index contributed by atoms with van der Waals surface area (Å²) >= 11 is 6.81. The first kappa shape index (κ1) is 12.0. The maximum atomic E-state index is 11.8. The zero-order valence-corrected chi connectivity index (χ0v) is 12.1. The van der Waals surface area contributed by atoms with Gasteiger partial charge in [-0.3, -0.25) is 9.69 Å². The van der Waals surface area contributed by atoms with Crippen molar-refractivity contribution < 1.29 is 4.79 Å². The molecule has 1 aromatic heterocycles. The Balaban J connectivity index is 2.24. The molecular weight excluding hydrogens is 336 g/mol. The molecule has 1 aromatic rings. The van der Waals surface area contributed by atoms with Crippen LogP contribution in [0.4, 0.5) is 5.82 Å². The molecule has 0 aliphatic carbocycles. The van der Waals surface area contributed by atoms with Gasteiger partial charge in [0.2, 0.25) is 5.91 Å². The summed E-state index contributed by atoms with van der Waals surface area (Å²) in [6.07, 6.45) is 0.610. The molecule has 1 amide bonds. The fourth-order valence-electron chi connectivity index (χ4n) is 1.75. The van der Waals surface area contributed by atoms with Gasteiger partial charge in [0.1, 0.15) is 10.4 Å². The molecule has 1 aliphatic heterocycles. The number of hydrogen-bond donors (Lipinski definition) is 0. The minimum Gasteiger partial charge on any atom is -0.296 e. The Bertz CT molecular complexity index is 422. The number of amides is 1. The highest BCUT2D eigenvalue weighted by molar-refractivity contribution is 9.10. The fraction of sp³-hybridized carbons (Fsp3) is 0.455. The minimum absolute atomic E-state index is 0.160. The number of carbonyl (C=O) groups excluding carboxylic acids is 1. The molecule has 0 bridgehead atoms. The van der Waals surface area contributed by atoms with Crippen molar-refractivity contribution >= 4 is 43.6 Å². The number of pyridine rings is 1. The second-order valence-corrected chi connectivity index (χ2v) is 5.40. The maximum Gasteiger partial charge on any atom is 0.228 e. The predicted octanol–water partition coefficient (Wildman–Crippen LogP) is 2.90. The van der Waals surface area contributed by atoms with Gasteiger partial charge < -0.3 is 0 Å². The van der Waals surface area contributed by atoms with Crippen LogP contribution in [0.15, 0.2) is 16.7 Å². The topological polar surface area (TPSA) is 33.2 Å². The number of alkyl halides is 1. The largest absolute Gasteiger partial charge is 0.296 e. The normalized spacial score (nSPS) is 20.6. The average Bonchev–Trinajstić information content (AvgIpc) is 2.64. The van der Waals surface area contributed by atoms with Crippen LogP contribution >= 0.6 is 31.9 Å². The summed E-state index contributed by atoms with van der Waals surface area (Å²) in [4.78, 5) is 17.9. The monoisotopic (exact) mass is 346 g/mol. The lowest BCUT2D eigenvalue weighted by molar-refractivity contribution is -0.117. The fourth-order valence-corrected chi connectivity index (χ4v) is 2.50. The molecule has 0 spiro atoms. The van der Waals surface area contributed by atoms with Crippen molar-refractivity contribution in [3.05, 3.63) is 22.3 Å².